The summed E-state index contributed by atoms with van der Waals surface area (Å²) in [4.78, 5) is 4.57. The number of hydrogen-bond donors (Lipinski definition) is 1. The van der Waals surface area contributed by atoms with Gasteiger partial charge in [0.25, 0.3) is 0 Å². The molecule has 2 rings (SSSR count). The molecule has 3 nitrogen and oxygen atoms in total. The summed E-state index contributed by atoms with van der Waals surface area (Å²) in [5.41, 5.74) is 8.13. The van der Waals surface area contributed by atoms with Gasteiger partial charge in [0.1, 0.15) is 6.17 Å². The Kier molecular flexibility index (Phi) is 4.38. The molecule has 102 valence electrons. The molecule has 0 aromatic carbocycles. The van der Waals surface area contributed by atoms with Crippen molar-refractivity contribution in [2.24, 2.45) is 11.7 Å². The van der Waals surface area contributed by atoms with Crippen molar-refractivity contribution in [3.8, 4) is 0 Å². The number of nitrogens with zero attached hydrogens (tertiary/aromatic N) is 2. The number of aromatic nitrogens is 2. The molecule has 3 atom stereocenters. The van der Waals surface area contributed by atoms with Gasteiger partial charge in [-0.3, -0.25) is 0 Å². The quantitative estimate of drug-likeness (QED) is 0.896. The summed E-state index contributed by atoms with van der Waals surface area (Å²) in [6.45, 7) is 5.77. The first-order valence-corrected chi connectivity index (χ1v) is 7.05. The predicted molar refractivity (Wildman–Crippen MR) is 71.1 cm³/mol. The van der Waals surface area contributed by atoms with Gasteiger partial charge >= 0.3 is 0 Å². The third kappa shape index (κ3) is 2.58. The molecule has 1 fully saturated rings. The first kappa shape index (κ1) is 13.5. The highest BCUT2D eigenvalue weighted by Gasteiger charge is 2.31. The van der Waals surface area contributed by atoms with Gasteiger partial charge in [0.15, 0.2) is 0 Å². The van der Waals surface area contributed by atoms with E-state index in [1.165, 1.54) is 0 Å². The Hall–Kier alpha value is -0.900. The summed E-state index contributed by atoms with van der Waals surface area (Å²) in [7, 11) is 0. The molecule has 1 aliphatic rings. The standard InChI is InChI=1S/C14H24FN3/c1-3-6-18-9-17-14(13(18)8-16)12-5-4-11(15)7-10(12)2/h9-12H,3-8,16H2,1-2H3. The maximum atomic E-state index is 13.4. The Balaban J connectivity index is 2.22. The number of nitrogens with two attached hydrogens (primary N) is 1. The van der Waals surface area contributed by atoms with Crippen molar-refractivity contribution >= 4 is 0 Å². The highest BCUT2D eigenvalue weighted by Crippen LogP contribution is 2.39. The molecular weight excluding hydrogens is 229 g/mol. The van der Waals surface area contributed by atoms with Crippen LogP contribution < -0.4 is 5.73 Å². The van der Waals surface area contributed by atoms with E-state index >= 15 is 0 Å². The van der Waals surface area contributed by atoms with E-state index in [0.717, 1.165) is 30.8 Å². The van der Waals surface area contributed by atoms with Crippen LogP contribution in [0.2, 0.25) is 0 Å². The van der Waals surface area contributed by atoms with Crippen molar-refractivity contribution in [3.63, 3.8) is 0 Å². The second-order valence-corrected chi connectivity index (χ2v) is 5.47. The fraction of sp³-hybridized carbons (Fsp3) is 0.786. The monoisotopic (exact) mass is 253 g/mol. The van der Waals surface area contributed by atoms with Crippen LogP contribution >= 0.6 is 0 Å². The van der Waals surface area contributed by atoms with E-state index in [9.17, 15) is 4.39 Å². The molecule has 1 aromatic rings. The molecule has 0 radical (unpaired) electrons. The summed E-state index contributed by atoms with van der Waals surface area (Å²) in [5.74, 6) is 0.748. The molecular formula is C14H24FN3. The minimum Gasteiger partial charge on any atom is -0.333 e. The summed E-state index contributed by atoms with van der Waals surface area (Å²) >= 11 is 0. The molecule has 0 amide bonds. The van der Waals surface area contributed by atoms with Crippen molar-refractivity contribution in [1.29, 1.82) is 0 Å². The van der Waals surface area contributed by atoms with E-state index in [4.69, 9.17) is 5.73 Å². The molecule has 3 unspecified atom stereocenters. The van der Waals surface area contributed by atoms with Gasteiger partial charge < -0.3 is 10.3 Å². The van der Waals surface area contributed by atoms with Gasteiger partial charge in [-0.25, -0.2) is 9.37 Å². The lowest BCUT2D eigenvalue weighted by Gasteiger charge is -2.30. The molecule has 2 N–H and O–H groups in total. The Labute approximate surface area is 109 Å². The van der Waals surface area contributed by atoms with Crippen LogP contribution in [-0.4, -0.2) is 15.7 Å². The third-order valence-electron chi connectivity index (χ3n) is 4.09. The lowest BCUT2D eigenvalue weighted by atomic mass is 9.77. The summed E-state index contributed by atoms with van der Waals surface area (Å²) in [5, 5.41) is 0. The van der Waals surface area contributed by atoms with Crippen molar-refractivity contribution in [1.82, 2.24) is 9.55 Å². The van der Waals surface area contributed by atoms with E-state index in [-0.39, 0.29) is 0 Å². The lowest BCUT2D eigenvalue weighted by molar-refractivity contribution is 0.184. The molecule has 1 heterocycles. The third-order valence-corrected chi connectivity index (χ3v) is 4.09. The summed E-state index contributed by atoms with van der Waals surface area (Å²) in [6.07, 6.45) is 4.58. The lowest BCUT2D eigenvalue weighted by Crippen LogP contribution is -2.24. The minimum atomic E-state index is -0.629. The zero-order valence-electron chi connectivity index (χ0n) is 11.4. The summed E-state index contributed by atoms with van der Waals surface area (Å²) in [6, 6.07) is 0. The van der Waals surface area contributed by atoms with Crippen LogP contribution in [0.3, 0.4) is 0 Å². The topological polar surface area (TPSA) is 43.8 Å². The maximum absolute atomic E-state index is 13.4. The SMILES string of the molecule is CCCn1cnc(C2CCC(F)CC2C)c1CN. The average molecular weight is 253 g/mol. The predicted octanol–water partition coefficient (Wildman–Crippen LogP) is 2.99. The van der Waals surface area contributed by atoms with Crippen LogP contribution in [0.5, 0.6) is 0 Å². The second-order valence-electron chi connectivity index (χ2n) is 5.47. The number of alkyl halides is 1. The van der Waals surface area contributed by atoms with Crippen LogP contribution in [0.4, 0.5) is 4.39 Å². The first-order valence-electron chi connectivity index (χ1n) is 7.05. The Morgan fingerprint density at radius 2 is 2.28 bits per heavy atom. The van der Waals surface area contributed by atoms with Crippen molar-refractivity contribution in [2.45, 2.75) is 64.7 Å². The average Bonchev–Trinajstić information content (AvgIpc) is 2.72. The molecule has 1 aliphatic carbocycles. The normalized spacial score (nSPS) is 28.6. The second kappa shape index (κ2) is 5.83. The molecule has 4 heteroatoms. The molecule has 1 aromatic heterocycles. The van der Waals surface area contributed by atoms with Gasteiger partial charge in [0.2, 0.25) is 0 Å². The Bertz CT molecular complexity index is 388. The summed E-state index contributed by atoms with van der Waals surface area (Å²) < 4.78 is 15.5. The highest BCUT2D eigenvalue weighted by atomic mass is 19.1. The largest absolute Gasteiger partial charge is 0.333 e. The van der Waals surface area contributed by atoms with Crippen LogP contribution in [0.1, 0.15) is 56.8 Å². The Morgan fingerprint density at radius 3 is 2.89 bits per heavy atom. The fourth-order valence-electron chi connectivity index (χ4n) is 3.13. The smallest absolute Gasteiger partial charge is 0.100 e. The van der Waals surface area contributed by atoms with Crippen LogP contribution in [0.25, 0.3) is 0 Å². The van der Waals surface area contributed by atoms with Crippen molar-refractivity contribution < 1.29 is 4.39 Å². The van der Waals surface area contributed by atoms with Gasteiger partial charge in [0.05, 0.1) is 17.7 Å². The molecule has 0 aliphatic heterocycles. The fourth-order valence-corrected chi connectivity index (χ4v) is 3.13. The van der Waals surface area contributed by atoms with Gasteiger partial charge in [-0.15, -0.1) is 0 Å². The van der Waals surface area contributed by atoms with E-state index in [0.29, 0.717) is 31.2 Å². The molecule has 0 spiro atoms. The number of imidazole rings is 1. The van der Waals surface area contributed by atoms with E-state index in [1.807, 2.05) is 6.33 Å². The maximum Gasteiger partial charge on any atom is 0.100 e. The molecule has 1 saturated carbocycles. The minimum absolute atomic E-state index is 0.365. The van der Waals surface area contributed by atoms with Gasteiger partial charge in [-0.05, 0) is 31.6 Å². The highest BCUT2D eigenvalue weighted by molar-refractivity contribution is 5.19. The van der Waals surface area contributed by atoms with Crippen LogP contribution in [0.15, 0.2) is 6.33 Å². The van der Waals surface area contributed by atoms with Crippen molar-refractivity contribution in [2.75, 3.05) is 0 Å². The van der Waals surface area contributed by atoms with Gasteiger partial charge in [-0.2, -0.15) is 0 Å². The van der Waals surface area contributed by atoms with Crippen LogP contribution in [-0.2, 0) is 13.1 Å². The molecule has 0 bridgehead atoms. The first-order chi connectivity index (χ1) is 8.67. The van der Waals surface area contributed by atoms with E-state index < -0.39 is 6.17 Å². The van der Waals surface area contributed by atoms with Gasteiger partial charge in [-0.1, -0.05) is 13.8 Å². The van der Waals surface area contributed by atoms with E-state index in [1.54, 1.807) is 0 Å². The number of hydrogen-bond acceptors (Lipinski definition) is 2. The Morgan fingerprint density at radius 1 is 1.50 bits per heavy atom. The molecule has 18 heavy (non-hydrogen) atoms. The van der Waals surface area contributed by atoms with Crippen molar-refractivity contribution in [3.05, 3.63) is 17.7 Å². The number of halogens is 1. The molecule has 0 saturated heterocycles. The zero-order valence-corrected chi connectivity index (χ0v) is 11.4. The van der Waals surface area contributed by atoms with E-state index in [2.05, 4.69) is 23.4 Å². The van der Waals surface area contributed by atoms with Crippen LogP contribution in [0, 0.1) is 5.92 Å². The zero-order chi connectivity index (χ0) is 13.1. The number of rotatable bonds is 4. The van der Waals surface area contributed by atoms with Gasteiger partial charge in [0, 0.05) is 19.0 Å². The number of aryl methyl sites for hydroxylation is 1.